The highest BCUT2D eigenvalue weighted by molar-refractivity contribution is 6.07. The lowest BCUT2D eigenvalue weighted by Gasteiger charge is -2.17. The van der Waals surface area contributed by atoms with Gasteiger partial charge >= 0.3 is 0 Å². The average molecular weight is 404 g/mol. The third-order valence-corrected chi connectivity index (χ3v) is 4.61. The van der Waals surface area contributed by atoms with E-state index in [-0.39, 0.29) is 11.8 Å². The Hall–Kier alpha value is -3.80. The number of nitrogens with one attached hydrogen (secondary N) is 2. The molecule has 1 unspecified atom stereocenters. The molecule has 0 aromatic heterocycles. The minimum atomic E-state index is -0.723. The molecule has 2 amide bonds. The number of anilines is 2. The smallest absolute Gasteiger partial charge is 0.265 e. The van der Waals surface area contributed by atoms with E-state index in [1.807, 2.05) is 30.3 Å². The molecule has 3 rings (SSSR count). The summed E-state index contributed by atoms with van der Waals surface area (Å²) in [5.74, 6) is 0.721. The number of amides is 2. The fourth-order valence-corrected chi connectivity index (χ4v) is 2.88. The van der Waals surface area contributed by atoms with E-state index < -0.39 is 6.10 Å². The molecule has 0 aliphatic rings. The molecule has 154 valence electrons. The first-order valence-corrected chi connectivity index (χ1v) is 9.55. The SMILES string of the molecule is COc1ccc(OC(C)C(=O)Nc2cccc(C(=O)Nc3ccccc3)c2C)cc1. The highest BCUT2D eigenvalue weighted by Crippen LogP contribution is 2.22. The quantitative estimate of drug-likeness (QED) is 0.600. The van der Waals surface area contributed by atoms with Gasteiger partial charge in [0.05, 0.1) is 7.11 Å². The van der Waals surface area contributed by atoms with Crippen molar-refractivity contribution in [1.29, 1.82) is 0 Å². The number of methoxy groups -OCH3 is 1. The number of benzene rings is 3. The van der Waals surface area contributed by atoms with Crippen LogP contribution in [0.1, 0.15) is 22.8 Å². The van der Waals surface area contributed by atoms with Gasteiger partial charge in [-0.15, -0.1) is 0 Å². The van der Waals surface area contributed by atoms with E-state index in [0.29, 0.717) is 34.0 Å². The zero-order valence-electron chi connectivity index (χ0n) is 17.1. The van der Waals surface area contributed by atoms with Crippen LogP contribution in [0.4, 0.5) is 11.4 Å². The summed E-state index contributed by atoms with van der Waals surface area (Å²) in [4.78, 5) is 25.2. The molecule has 3 aromatic rings. The van der Waals surface area contributed by atoms with E-state index in [2.05, 4.69) is 10.6 Å². The Bertz CT molecular complexity index is 1020. The van der Waals surface area contributed by atoms with Crippen LogP contribution in [0, 0.1) is 6.92 Å². The van der Waals surface area contributed by atoms with E-state index in [1.54, 1.807) is 63.4 Å². The van der Waals surface area contributed by atoms with Crippen molar-refractivity contribution < 1.29 is 19.1 Å². The number of para-hydroxylation sites is 1. The molecule has 0 heterocycles. The summed E-state index contributed by atoms with van der Waals surface area (Å²) in [7, 11) is 1.59. The molecule has 2 N–H and O–H groups in total. The summed E-state index contributed by atoms with van der Waals surface area (Å²) >= 11 is 0. The monoisotopic (exact) mass is 404 g/mol. The Balaban J connectivity index is 1.67. The van der Waals surface area contributed by atoms with Crippen LogP contribution in [0.2, 0.25) is 0 Å². The topological polar surface area (TPSA) is 76.7 Å². The van der Waals surface area contributed by atoms with E-state index in [9.17, 15) is 9.59 Å². The molecule has 30 heavy (non-hydrogen) atoms. The van der Waals surface area contributed by atoms with Crippen LogP contribution in [-0.2, 0) is 4.79 Å². The van der Waals surface area contributed by atoms with Gasteiger partial charge in [0.1, 0.15) is 11.5 Å². The van der Waals surface area contributed by atoms with Gasteiger partial charge < -0.3 is 20.1 Å². The van der Waals surface area contributed by atoms with Gasteiger partial charge in [-0.05, 0) is 67.9 Å². The lowest BCUT2D eigenvalue weighted by Crippen LogP contribution is -2.30. The van der Waals surface area contributed by atoms with Gasteiger partial charge in [-0.1, -0.05) is 24.3 Å². The summed E-state index contributed by atoms with van der Waals surface area (Å²) in [6, 6.07) is 21.4. The van der Waals surface area contributed by atoms with Crippen LogP contribution in [-0.4, -0.2) is 25.0 Å². The number of carbonyl (C=O) groups excluding carboxylic acids is 2. The molecule has 0 aliphatic heterocycles. The van der Waals surface area contributed by atoms with Crippen LogP contribution < -0.4 is 20.1 Å². The number of hydrogen-bond acceptors (Lipinski definition) is 4. The van der Waals surface area contributed by atoms with E-state index in [0.717, 1.165) is 0 Å². The summed E-state index contributed by atoms with van der Waals surface area (Å²) in [5.41, 5.74) is 2.43. The molecule has 0 aliphatic carbocycles. The Morgan fingerprint density at radius 3 is 2.17 bits per heavy atom. The number of carbonyl (C=O) groups is 2. The van der Waals surface area contributed by atoms with Crippen LogP contribution in [0.25, 0.3) is 0 Å². The van der Waals surface area contributed by atoms with Gasteiger partial charge in [-0.2, -0.15) is 0 Å². The molecule has 0 bridgehead atoms. The van der Waals surface area contributed by atoms with Gasteiger partial charge in [-0.25, -0.2) is 0 Å². The van der Waals surface area contributed by atoms with Gasteiger partial charge in [0, 0.05) is 16.9 Å². The van der Waals surface area contributed by atoms with Crippen molar-refractivity contribution in [1.82, 2.24) is 0 Å². The second-order valence-electron chi connectivity index (χ2n) is 6.72. The third kappa shape index (κ3) is 5.17. The summed E-state index contributed by atoms with van der Waals surface area (Å²) in [5, 5.41) is 5.70. The molecule has 0 radical (unpaired) electrons. The first-order valence-electron chi connectivity index (χ1n) is 9.55. The highest BCUT2D eigenvalue weighted by atomic mass is 16.5. The van der Waals surface area contributed by atoms with Crippen LogP contribution >= 0.6 is 0 Å². The lowest BCUT2D eigenvalue weighted by atomic mass is 10.1. The molecule has 6 nitrogen and oxygen atoms in total. The van der Waals surface area contributed by atoms with Crippen molar-refractivity contribution in [3.8, 4) is 11.5 Å². The highest BCUT2D eigenvalue weighted by Gasteiger charge is 2.18. The van der Waals surface area contributed by atoms with E-state index in [1.165, 1.54) is 0 Å². The predicted molar refractivity (Wildman–Crippen MR) is 117 cm³/mol. The van der Waals surface area contributed by atoms with E-state index >= 15 is 0 Å². The number of hydrogen-bond donors (Lipinski definition) is 2. The molecule has 0 spiro atoms. The van der Waals surface area contributed by atoms with Gasteiger partial charge in [0.25, 0.3) is 11.8 Å². The van der Waals surface area contributed by atoms with Crippen molar-refractivity contribution >= 4 is 23.2 Å². The molecule has 3 aromatic carbocycles. The maximum atomic E-state index is 12.6. The third-order valence-electron chi connectivity index (χ3n) is 4.61. The Morgan fingerprint density at radius 1 is 0.833 bits per heavy atom. The molecular weight excluding hydrogens is 380 g/mol. The van der Waals surface area contributed by atoms with Crippen molar-refractivity contribution in [2.75, 3.05) is 17.7 Å². The summed E-state index contributed by atoms with van der Waals surface area (Å²) < 4.78 is 10.8. The molecule has 6 heteroatoms. The minimum absolute atomic E-state index is 0.239. The normalized spacial score (nSPS) is 11.3. The predicted octanol–water partition coefficient (Wildman–Crippen LogP) is 4.66. The lowest BCUT2D eigenvalue weighted by molar-refractivity contribution is -0.122. The van der Waals surface area contributed by atoms with E-state index in [4.69, 9.17) is 9.47 Å². The van der Waals surface area contributed by atoms with Crippen LogP contribution in [0.15, 0.2) is 72.8 Å². The largest absolute Gasteiger partial charge is 0.497 e. The summed E-state index contributed by atoms with van der Waals surface area (Å²) in [6.07, 6.45) is -0.723. The average Bonchev–Trinajstić information content (AvgIpc) is 2.76. The second-order valence-corrected chi connectivity index (χ2v) is 6.72. The molecule has 0 saturated carbocycles. The zero-order chi connectivity index (χ0) is 21.5. The molecule has 1 atom stereocenters. The fraction of sp³-hybridized carbons (Fsp3) is 0.167. The second kappa shape index (κ2) is 9.60. The van der Waals surface area contributed by atoms with Crippen LogP contribution in [0.3, 0.4) is 0 Å². The minimum Gasteiger partial charge on any atom is -0.497 e. The van der Waals surface area contributed by atoms with Gasteiger partial charge in [0.15, 0.2) is 6.10 Å². The van der Waals surface area contributed by atoms with Crippen molar-refractivity contribution in [2.45, 2.75) is 20.0 Å². The Labute approximate surface area is 175 Å². The van der Waals surface area contributed by atoms with Crippen molar-refractivity contribution in [2.24, 2.45) is 0 Å². The van der Waals surface area contributed by atoms with Crippen molar-refractivity contribution in [3.63, 3.8) is 0 Å². The standard InChI is InChI=1S/C24H24N2O4/c1-16-21(24(28)25-18-8-5-4-6-9-18)10-7-11-22(16)26-23(27)17(2)30-20-14-12-19(29-3)13-15-20/h4-15,17H,1-3H3,(H,25,28)(H,26,27). The maximum Gasteiger partial charge on any atom is 0.265 e. The number of rotatable bonds is 7. The first kappa shape index (κ1) is 20.9. The van der Waals surface area contributed by atoms with Crippen molar-refractivity contribution in [3.05, 3.63) is 83.9 Å². The zero-order valence-corrected chi connectivity index (χ0v) is 17.1. The van der Waals surface area contributed by atoms with Crippen LogP contribution in [0.5, 0.6) is 11.5 Å². The Kier molecular flexibility index (Phi) is 6.70. The van der Waals surface area contributed by atoms with Gasteiger partial charge in [-0.3, -0.25) is 9.59 Å². The first-order chi connectivity index (χ1) is 14.5. The molecule has 0 saturated heterocycles. The van der Waals surface area contributed by atoms with Gasteiger partial charge in [0.2, 0.25) is 0 Å². The molecule has 0 fully saturated rings. The Morgan fingerprint density at radius 2 is 1.50 bits per heavy atom. The maximum absolute atomic E-state index is 12.6. The number of ether oxygens (including phenoxy) is 2. The summed E-state index contributed by atoms with van der Waals surface area (Å²) in [6.45, 7) is 3.46. The molecular formula is C24H24N2O4. The fourth-order valence-electron chi connectivity index (χ4n) is 2.88.